The first-order valence-corrected chi connectivity index (χ1v) is 6.67. The van der Waals surface area contributed by atoms with Crippen LogP contribution >= 0.6 is 0 Å². The van der Waals surface area contributed by atoms with Gasteiger partial charge in [-0.2, -0.15) is 0 Å². The minimum absolute atomic E-state index is 0.129. The van der Waals surface area contributed by atoms with Crippen LogP contribution in [-0.2, 0) is 0 Å². The highest BCUT2D eigenvalue weighted by Crippen LogP contribution is 2.44. The van der Waals surface area contributed by atoms with E-state index in [1.165, 1.54) is 19.3 Å². The Kier molecular flexibility index (Phi) is 3.88. The van der Waals surface area contributed by atoms with Gasteiger partial charge in [-0.15, -0.1) is 0 Å². The van der Waals surface area contributed by atoms with Gasteiger partial charge in [0.1, 0.15) is 0 Å². The molecule has 0 unspecified atom stereocenters. The summed E-state index contributed by atoms with van der Waals surface area (Å²) in [5.41, 5.74) is 0.315. The average Bonchev–Trinajstić information content (AvgIpc) is 3.11. The van der Waals surface area contributed by atoms with Crippen molar-refractivity contribution in [3.05, 3.63) is 0 Å². The van der Waals surface area contributed by atoms with Crippen LogP contribution in [0.4, 0.5) is 0 Å². The molecule has 0 atom stereocenters. The molecule has 2 aliphatic rings. The Morgan fingerprint density at radius 1 is 0.750 bits per heavy atom. The number of rotatable bonds is 6. The zero-order valence-corrected chi connectivity index (χ0v) is 10.2. The maximum Gasteiger partial charge on any atom is 0.0499 e. The highest BCUT2D eigenvalue weighted by atomic mass is 16.3. The number of nitrogens with one attached hydrogen (secondary N) is 1. The first kappa shape index (κ1) is 12.3. The fourth-order valence-corrected chi connectivity index (χ4v) is 2.85. The van der Waals surface area contributed by atoms with Gasteiger partial charge in [0, 0.05) is 37.1 Å². The molecule has 2 aliphatic carbocycles. The van der Waals surface area contributed by atoms with Crippen molar-refractivity contribution in [3.8, 4) is 0 Å². The third-order valence-electron chi connectivity index (χ3n) is 4.54. The maximum absolute atomic E-state index is 9.55. The number of aliphatic hydroxyl groups excluding tert-OH is 2. The molecule has 0 aliphatic heterocycles. The standard InChI is InChI=1S/C13H25NO2/c15-10-12(4-2-1-3-5-12)8-14-9-13(11-16)6-7-13/h14-16H,1-11H2. The molecule has 2 rings (SSSR count). The second kappa shape index (κ2) is 5.03. The first-order valence-electron chi connectivity index (χ1n) is 6.67. The molecule has 0 radical (unpaired) electrons. The van der Waals surface area contributed by atoms with Crippen molar-refractivity contribution in [2.75, 3.05) is 26.3 Å². The van der Waals surface area contributed by atoms with E-state index in [4.69, 9.17) is 0 Å². The maximum atomic E-state index is 9.55. The number of aliphatic hydroxyl groups is 2. The summed E-state index contributed by atoms with van der Waals surface area (Å²) >= 11 is 0. The van der Waals surface area contributed by atoms with Gasteiger partial charge in [-0.05, 0) is 25.7 Å². The topological polar surface area (TPSA) is 52.5 Å². The second-order valence-corrected chi connectivity index (χ2v) is 5.98. The predicted molar refractivity (Wildman–Crippen MR) is 64.2 cm³/mol. The van der Waals surface area contributed by atoms with Crippen molar-refractivity contribution in [1.29, 1.82) is 0 Å². The van der Waals surface area contributed by atoms with Gasteiger partial charge in [-0.3, -0.25) is 0 Å². The highest BCUT2D eigenvalue weighted by molar-refractivity contribution is 4.95. The van der Waals surface area contributed by atoms with Gasteiger partial charge in [0.2, 0.25) is 0 Å². The molecule has 0 spiro atoms. The van der Waals surface area contributed by atoms with Gasteiger partial charge in [-0.1, -0.05) is 19.3 Å². The van der Waals surface area contributed by atoms with Crippen LogP contribution in [0.25, 0.3) is 0 Å². The van der Waals surface area contributed by atoms with Crippen LogP contribution in [0.5, 0.6) is 0 Å². The van der Waals surface area contributed by atoms with Crippen molar-refractivity contribution >= 4 is 0 Å². The van der Waals surface area contributed by atoms with E-state index < -0.39 is 0 Å². The van der Waals surface area contributed by atoms with Crippen molar-refractivity contribution in [3.63, 3.8) is 0 Å². The molecule has 0 aromatic carbocycles. The van der Waals surface area contributed by atoms with E-state index in [0.29, 0.717) is 13.2 Å². The van der Waals surface area contributed by atoms with E-state index in [2.05, 4.69) is 5.32 Å². The molecule has 0 bridgehead atoms. The Labute approximate surface area is 98.2 Å². The summed E-state index contributed by atoms with van der Waals surface area (Å²) in [5.74, 6) is 0. The Balaban J connectivity index is 1.74. The summed E-state index contributed by atoms with van der Waals surface area (Å²) in [6, 6.07) is 0. The molecule has 0 amide bonds. The fraction of sp³-hybridized carbons (Fsp3) is 1.00. The van der Waals surface area contributed by atoms with E-state index in [1.807, 2.05) is 0 Å². The van der Waals surface area contributed by atoms with E-state index in [-0.39, 0.29) is 10.8 Å². The summed E-state index contributed by atoms with van der Waals surface area (Å²) in [6.45, 7) is 2.47. The SMILES string of the molecule is OCC1(CNCC2(CO)CC2)CCCCC1. The lowest BCUT2D eigenvalue weighted by Crippen LogP contribution is -2.41. The van der Waals surface area contributed by atoms with Crippen LogP contribution in [0.1, 0.15) is 44.9 Å². The summed E-state index contributed by atoms with van der Waals surface area (Å²) in [5, 5.41) is 22.3. The van der Waals surface area contributed by atoms with Gasteiger partial charge in [0.25, 0.3) is 0 Å². The Bertz CT molecular complexity index is 220. The quantitative estimate of drug-likeness (QED) is 0.641. The molecule has 3 heteroatoms. The molecular weight excluding hydrogens is 202 g/mol. The van der Waals surface area contributed by atoms with E-state index in [1.54, 1.807) is 0 Å². The zero-order chi connectivity index (χ0) is 11.5. The second-order valence-electron chi connectivity index (χ2n) is 5.98. The highest BCUT2D eigenvalue weighted by Gasteiger charge is 2.42. The molecule has 2 fully saturated rings. The molecule has 3 N–H and O–H groups in total. The van der Waals surface area contributed by atoms with Crippen molar-refractivity contribution in [1.82, 2.24) is 5.32 Å². The largest absolute Gasteiger partial charge is 0.396 e. The Hall–Kier alpha value is -0.120. The fourth-order valence-electron chi connectivity index (χ4n) is 2.85. The van der Waals surface area contributed by atoms with Crippen LogP contribution in [0.2, 0.25) is 0 Å². The Morgan fingerprint density at radius 3 is 1.69 bits per heavy atom. The monoisotopic (exact) mass is 227 g/mol. The van der Waals surface area contributed by atoms with Gasteiger partial charge >= 0.3 is 0 Å². The lowest BCUT2D eigenvalue weighted by molar-refractivity contribution is 0.0783. The van der Waals surface area contributed by atoms with Crippen molar-refractivity contribution in [2.45, 2.75) is 44.9 Å². The minimum atomic E-state index is 0.129. The molecule has 0 saturated heterocycles. The van der Waals surface area contributed by atoms with Crippen LogP contribution in [0, 0.1) is 10.8 Å². The van der Waals surface area contributed by atoms with Crippen LogP contribution in [0.3, 0.4) is 0 Å². The predicted octanol–water partition coefficient (Wildman–Crippen LogP) is 1.29. The van der Waals surface area contributed by atoms with Crippen LogP contribution < -0.4 is 5.32 Å². The summed E-state index contributed by atoms with van der Waals surface area (Å²) in [6.07, 6.45) is 8.46. The van der Waals surface area contributed by atoms with Gasteiger partial charge in [-0.25, -0.2) is 0 Å². The molecule has 0 heterocycles. The van der Waals surface area contributed by atoms with Crippen molar-refractivity contribution < 1.29 is 10.2 Å². The Morgan fingerprint density at radius 2 is 1.25 bits per heavy atom. The molecule has 94 valence electrons. The van der Waals surface area contributed by atoms with Crippen LogP contribution in [0.15, 0.2) is 0 Å². The zero-order valence-electron chi connectivity index (χ0n) is 10.2. The normalized spacial score (nSPS) is 26.6. The lowest BCUT2D eigenvalue weighted by Gasteiger charge is -2.36. The third kappa shape index (κ3) is 2.76. The van der Waals surface area contributed by atoms with E-state index >= 15 is 0 Å². The van der Waals surface area contributed by atoms with Gasteiger partial charge < -0.3 is 15.5 Å². The van der Waals surface area contributed by atoms with E-state index in [9.17, 15) is 10.2 Å². The minimum Gasteiger partial charge on any atom is -0.396 e. The van der Waals surface area contributed by atoms with Crippen molar-refractivity contribution in [2.24, 2.45) is 10.8 Å². The molecule has 16 heavy (non-hydrogen) atoms. The summed E-state index contributed by atoms with van der Waals surface area (Å²) < 4.78 is 0. The lowest BCUT2D eigenvalue weighted by atomic mass is 9.74. The van der Waals surface area contributed by atoms with E-state index in [0.717, 1.165) is 38.8 Å². The number of hydrogen-bond donors (Lipinski definition) is 3. The van der Waals surface area contributed by atoms with Crippen LogP contribution in [-0.4, -0.2) is 36.5 Å². The first-order chi connectivity index (χ1) is 7.74. The molecule has 3 nitrogen and oxygen atoms in total. The molecule has 2 saturated carbocycles. The van der Waals surface area contributed by atoms with Gasteiger partial charge in [0.15, 0.2) is 0 Å². The molecular formula is C13H25NO2. The van der Waals surface area contributed by atoms with Gasteiger partial charge in [0.05, 0.1) is 0 Å². The smallest absolute Gasteiger partial charge is 0.0499 e. The number of hydrogen-bond acceptors (Lipinski definition) is 3. The third-order valence-corrected chi connectivity index (χ3v) is 4.54. The average molecular weight is 227 g/mol. The summed E-state index contributed by atoms with van der Waals surface area (Å²) in [7, 11) is 0. The summed E-state index contributed by atoms with van der Waals surface area (Å²) in [4.78, 5) is 0. The molecule has 0 aromatic rings. The molecule has 0 aromatic heterocycles.